The molecule has 4 aromatic rings. The fraction of sp³-hybridized carbons (Fsp3) is 0.370. The van der Waals surface area contributed by atoms with Gasteiger partial charge in [0.25, 0.3) is 5.91 Å². The summed E-state index contributed by atoms with van der Waals surface area (Å²) in [6.07, 6.45) is 6.08. The number of aromatic nitrogens is 3. The number of amides is 1. The van der Waals surface area contributed by atoms with Crippen molar-refractivity contribution in [2.45, 2.75) is 52.6 Å². The molecule has 0 spiro atoms. The Labute approximate surface area is 198 Å². The summed E-state index contributed by atoms with van der Waals surface area (Å²) in [6.45, 7) is 5.69. The molecule has 1 aliphatic heterocycles. The van der Waals surface area contributed by atoms with Crippen LogP contribution in [0.3, 0.4) is 0 Å². The fourth-order valence-electron chi connectivity index (χ4n) is 5.88. The fourth-order valence-corrected chi connectivity index (χ4v) is 5.88. The molecular formula is C27H29N5O2. The smallest absolute Gasteiger partial charge is 0.252 e. The van der Waals surface area contributed by atoms with Crippen molar-refractivity contribution in [3.8, 4) is 11.1 Å². The highest BCUT2D eigenvalue weighted by molar-refractivity contribution is 6.20. The number of rotatable bonds is 5. The molecule has 174 valence electrons. The lowest BCUT2D eigenvalue weighted by molar-refractivity contribution is 0.0966. The van der Waals surface area contributed by atoms with Gasteiger partial charge in [-0.25, -0.2) is 0 Å². The average molecular weight is 456 g/mol. The van der Waals surface area contributed by atoms with Gasteiger partial charge in [0.2, 0.25) is 0 Å². The molecule has 7 nitrogen and oxygen atoms in total. The SMILES string of the molecule is CCCCn1c2ccc(/C(C)=N/OC)cc2c2c3c(c4c(c21)CCc1nn(C)cc1-4)C(=O)NC3. The third kappa shape index (κ3) is 2.85. The van der Waals surface area contributed by atoms with Gasteiger partial charge in [0, 0.05) is 53.8 Å². The number of benzene rings is 2. The van der Waals surface area contributed by atoms with Crippen LogP contribution in [-0.4, -0.2) is 33.1 Å². The van der Waals surface area contributed by atoms with E-state index in [1.54, 1.807) is 7.11 Å². The molecule has 0 fully saturated rings. The summed E-state index contributed by atoms with van der Waals surface area (Å²) in [5, 5.41) is 14.4. The maximum Gasteiger partial charge on any atom is 0.252 e. The van der Waals surface area contributed by atoms with Crippen molar-refractivity contribution in [2.75, 3.05) is 7.11 Å². The number of fused-ring (bicyclic) bond motifs is 10. The first-order valence-electron chi connectivity index (χ1n) is 12.1. The number of aryl methyl sites for hydroxylation is 4. The molecule has 34 heavy (non-hydrogen) atoms. The van der Waals surface area contributed by atoms with Gasteiger partial charge in [0.15, 0.2) is 0 Å². The van der Waals surface area contributed by atoms with E-state index >= 15 is 0 Å². The van der Waals surface area contributed by atoms with E-state index in [9.17, 15) is 4.79 Å². The highest BCUT2D eigenvalue weighted by Gasteiger charge is 2.35. The van der Waals surface area contributed by atoms with E-state index in [1.807, 2.05) is 18.7 Å². The van der Waals surface area contributed by atoms with Crippen LogP contribution in [0.1, 0.15) is 59.4 Å². The van der Waals surface area contributed by atoms with Crippen LogP contribution in [0.2, 0.25) is 0 Å². The minimum Gasteiger partial charge on any atom is -0.399 e. The van der Waals surface area contributed by atoms with Crippen LogP contribution < -0.4 is 5.32 Å². The Morgan fingerprint density at radius 3 is 2.88 bits per heavy atom. The van der Waals surface area contributed by atoms with Gasteiger partial charge >= 0.3 is 0 Å². The standard InChI is InChI=1S/C27H29N5O2/c1-5-6-11-32-22-10-7-16(15(2)30-34-4)12-18(22)24-19-13-28-27(33)25(19)23-17(26(24)32)8-9-21-20(23)14-31(3)29-21/h7,10,12,14H,5-6,8-9,11,13H2,1-4H3,(H,28,33)/b30-15+. The van der Waals surface area contributed by atoms with E-state index in [-0.39, 0.29) is 5.91 Å². The van der Waals surface area contributed by atoms with Gasteiger partial charge in [-0.15, -0.1) is 0 Å². The molecule has 0 saturated heterocycles. The molecule has 2 aromatic carbocycles. The summed E-state index contributed by atoms with van der Waals surface area (Å²) >= 11 is 0. The lowest BCUT2D eigenvalue weighted by Gasteiger charge is -2.21. The number of carbonyl (C=O) groups excluding carboxylic acids is 1. The number of unbranched alkanes of at least 4 members (excludes halogenated alkanes) is 1. The van der Waals surface area contributed by atoms with Crippen LogP contribution >= 0.6 is 0 Å². The minimum absolute atomic E-state index is 0.0209. The van der Waals surface area contributed by atoms with Gasteiger partial charge in [0.1, 0.15) is 7.11 Å². The minimum atomic E-state index is 0.0209. The van der Waals surface area contributed by atoms with Crippen molar-refractivity contribution in [3.05, 3.63) is 52.3 Å². The molecule has 0 bridgehead atoms. The molecule has 0 atom stereocenters. The van der Waals surface area contributed by atoms with E-state index in [0.29, 0.717) is 6.54 Å². The Morgan fingerprint density at radius 1 is 1.24 bits per heavy atom. The van der Waals surface area contributed by atoms with Gasteiger partial charge in [-0.3, -0.25) is 9.48 Å². The molecule has 2 aromatic heterocycles. The van der Waals surface area contributed by atoms with E-state index in [0.717, 1.165) is 71.5 Å². The quantitative estimate of drug-likeness (QED) is 0.350. The predicted molar refractivity (Wildman–Crippen MR) is 134 cm³/mol. The summed E-state index contributed by atoms with van der Waals surface area (Å²) < 4.78 is 4.37. The van der Waals surface area contributed by atoms with Gasteiger partial charge in [-0.2, -0.15) is 5.10 Å². The second-order valence-electron chi connectivity index (χ2n) is 9.37. The highest BCUT2D eigenvalue weighted by atomic mass is 16.6. The van der Waals surface area contributed by atoms with Crippen molar-refractivity contribution in [2.24, 2.45) is 12.2 Å². The second kappa shape index (κ2) is 7.72. The lowest BCUT2D eigenvalue weighted by atomic mass is 9.82. The average Bonchev–Trinajstić information content (AvgIpc) is 3.50. The Balaban J connectivity index is 1.77. The highest BCUT2D eigenvalue weighted by Crippen LogP contribution is 2.46. The van der Waals surface area contributed by atoms with Crippen LogP contribution in [0.5, 0.6) is 0 Å². The summed E-state index contributed by atoms with van der Waals surface area (Å²) in [7, 11) is 3.53. The van der Waals surface area contributed by atoms with Gasteiger partial charge in [0.05, 0.1) is 22.5 Å². The number of hydrogen-bond acceptors (Lipinski definition) is 4. The third-order valence-corrected chi connectivity index (χ3v) is 7.33. The van der Waals surface area contributed by atoms with Crippen LogP contribution in [0.25, 0.3) is 32.9 Å². The van der Waals surface area contributed by atoms with Crippen molar-refractivity contribution in [1.29, 1.82) is 0 Å². The first-order valence-corrected chi connectivity index (χ1v) is 12.1. The molecule has 1 amide bonds. The van der Waals surface area contributed by atoms with E-state index < -0.39 is 0 Å². The Morgan fingerprint density at radius 2 is 2.09 bits per heavy atom. The maximum absolute atomic E-state index is 13.2. The summed E-state index contributed by atoms with van der Waals surface area (Å²) in [5.41, 5.74) is 10.9. The Kier molecular flexibility index (Phi) is 4.76. The molecule has 0 radical (unpaired) electrons. The second-order valence-corrected chi connectivity index (χ2v) is 9.37. The van der Waals surface area contributed by atoms with Crippen molar-refractivity contribution in [1.82, 2.24) is 19.7 Å². The van der Waals surface area contributed by atoms with Crippen molar-refractivity contribution < 1.29 is 9.63 Å². The zero-order valence-corrected chi connectivity index (χ0v) is 20.2. The normalized spacial score (nSPS) is 14.9. The van der Waals surface area contributed by atoms with E-state index in [1.165, 1.54) is 27.4 Å². The first kappa shape index (κ1) is 21.0. The molecule has 0 unspecified atom stereocenters. The third-order valence-electron chi connectivity index (χ3n) is 7.33. The number of nitrogens with zero attached hydrogens (tertiary/aromatic N) is 4. The van der Waals surface area contributed by atoms with Crippen LogP contribution in [0, 0.1) is 0 Å². The molecule has 2 aliphatic rings. The van der Waals surface area contributed by atoms with Crippen LogP contribution in [-0.2, 0) is 37.8 Å². The maximum atomic E-state index is 13.2. The number of oxime groups is 1. The number of hydrogen-bond donors (Lipinski definition) is 1. The predicted octanol–water partition coefficient (Wildman–Crippen LogP) is 4.71. The Bertz CT molecular complexity index is 1520. The zero-order chi connectivity index (χ0) is 23.6. The molecule has 3 heterocycles. The number of nitrogens with one attached hydrogen (secondary N) is 1. The lowest BCUT2D eigenvalue weighted by Crippen LogP contribution is -2.15. The van der Waals surface area contributed by atoms with Crippen molar-refractivity contribution in [3.63, 3.8) is 0 Å². The first-order chi connectivity index (χ1) is 16.5. The van der Waals surface area contributed by atoms with Gasteiger partial charge in [-0.1, -0.05) is 24.6 Å². The zero-order valence-electron chi connectivity index (χ0n) is 20.2. The molecule has 6 rings (SSSR count). The van der Waals surface area contributed by atoms with E-state index in [2.05, 4.69) is 46.4 Å². The van der Waals surface area contributed by atoms with E-state index in [4.69, 9.17) is 9.94 Å². The van der Waals surface area contributed by atoms with Crippen molar-refractivity contribution >= 4 is 33.4 Å². The summed E-state index contributed by atoms with van der Waals surface area (Å²) in [5.74, 6) is 0.0209. The van der Waals surface area contributed by atoms with Gasteiger partial charge in [-0.05, 0) is 55.0 Å². The molecule has 1 N–H and O–H groups in total. The summed E-state index contributed by atoms with van der Waals surface area (Å²) in [6, 6.07) is 6.54. The number of carbonyl (C=O) groups is 1. The van der Waals surface area contributed by atoms with Crippen LogP contribution in [0.15, 0.2) is 29.6 Å². The summed E-state index contributed by atoms with van der Waals surface area (Å²) in [4.78, 5) is 18.2. The molecule has 0 saturated carbocycles. The Hall–Kier alpha value is -3.61. The topological polar surface area (TPSA) is 73.4 Å². The monoisotopic (exact) mass is 455 g/mol. The largest absolute Gasteiger partial charge is 0.399 e. The van der Waals surface area contributed by atoms with Gasteiger partial charge < -0.3 is 14.7 Å². The van der Waals surface area contributed by atoms with Crippen LogP contribution in [0.4, 0.5) is 0 Å². The molecule has 1 aliphatic carbocycles. The molecular weight excluding hydrogens is 426 g/mol. The molecule has 7 heteroatoms.